The zero-order chi connectivity index (χ0) is 23.4. The van der Waals surface area contributed by atoms with Gasteiger partial charge >= 0.3 is 0 Å². The summed E-state index contributed by atoms with van der Waals surface area (Å²) >= 11 is 0. The summed E-state index contributed by atoms with van der Waals surface area (Å²) in [6, 6.07) is 12.8. The summed E-state index contributed by atoms with van der Waals surface area (Å²) in [5, 5.41) is 8.23. The van der Waals surface area contributed by atoms with E-state index in [0.717, 1.165) is 0 Å². The fraction of sp³-hybridized carbons (Fsp3) is 0.375. The molecule has 0 radical (unpaired) electrons. The molecule has 0 bridgehead atoms. The second-order valence-corrected chi connectivity index (χ2v) is 8.38. The number of rotatable bonds is 6. The van der Waals surface area contributed by atoms with Crippen LogP contribution in [-0.4, -0.2) is 52.1 Å². The molecular weight excluding hydrogens is 422 g/mol. The Hall–Kier alpha value is -3.75. The van der Waals surface area contributed by atoms with E-state index < -0.39 is 23.5 Å². The molecule has 3 N–H and O–H groups in total. The lowest BCUT2D eigenvalue weighted by Gasteiger charge is -2.38. The van der Waals surface area contributed by atoms with E-state index in [1.807, 2.05) is 18.2 Å². The first kappa shape index (κ1) is 22.4. The van der Waals surface area contributed by atoms with E-state index in [1.165, 1.54) is 4.90 Å². The Kier molecular flexibility index (Phi) is 6.39. The summed E-state index contributed by atoms with van der Waals surface area (Å²) < 4.78 is 0. The lowest BCUT2D eigenvalue weighted by Crippen LogP contribution is -2.58. The lowest BCUT2D eigenvalue weighted by atomic mass is 9.89. The van der Waals surface area contributed by atoms with E-state index in [0.29, 0.717) is 37.2 Å². The summed E-state index contributed by atoms with van der Waals surface area (Å²) in [4.78, 5) is 57.1. The van der Waals surface area contributed by atoms with Gasteiger partial charge in [0.15, 0.2) is 5.54 Å². The molecule has 9 heteroatoms. The number of anilines is 1. The van der Waals surface area contributed by atoms with Crippen LogP contribution in [0.3, 0.4) is 0 Å². The van der Waals surface area contributed by atoms with Crippen LogP contribution < -0.4 is 16.0 Å². The maximum atomic E-state index is 13.7. The van der Waals surface area contributed by atoms with Gasteiger partial charge < -0.3 is 20.9 Å². The maximum Gasteiger partial charge on any atom is 0.256 e. The summed E-state index contributed by atoms with van der Waals surface area (Å²) in [6.07, 6.45) is 3.31. The van der Waals surface area contributed by atoms with Crippen molar-refractivity contribution in [2.75, 3.05) is 11.9 Å². The predicted molar refractivity (Wildman–Crippen MR) is 121 cm³/mol. The van der Waals surface area contributed by atoms with Crippen molar-refractivity contribution in [1.29, 1.82) is 0 Å². The first-order valence-electron chi connectivity index (χ1n) is 11.1. The number of hydrogen-bond acceptors (Lipinski definition) is 5. The van der Waals surface area contributed by atoms with Crippen molar-refractivity contribution in [3.63, 3.8) is 0 Å². The molecule has 0 saturated carbocycles. The molecule has 2 aliphatic rings. The quantitative estimate of drug-likeness (QED) is 0.614. The minimum Gasteiger partial charge on any atom is -0.344 e. The third-order valence-corrected chi connectivity index (χ3v) is 6.18. The van der Waals surface area contributed by atoms with Crippen LogP contribution >= 0.6 is 0 Å². The van der Waals surface area contributed by atoms with E-state index in [2.05, 4.69) is 20.9 Å². The lowest BCUT2D eigenvalue weighted by molar-refractivity contribution is -0.146. The third kappa shape index (κ3) is 4.44. The summed E-state index contributed by atoms with van der Waals surface area (Å²) in [7, 11) is 0. The van der Waals surface area contributed by atoms with Crippen molar-refractivity contribution < 1.29 is 19.2 Å². The van der Waals surface area contributed by atoms with Crippen LogP contribution in [0, 0.1) is 0 Å². The Labute approximate surface area is 191 Å². The molecule has 3 heterocycles. The summed E-state index contributed by atoms with van der Waals surface area (Å²) in [5.74, 6) is -1.31. The number of aromatic nitrogens is 1. The number of likely N-dealkylation sites (tertiary alicyclic amines) is 1. The zero-order valence-corrected chi connectivity index (χ0v) is 18.4. The molecule has 0 spiro atoms. The summed E-state index contributed by atoms with van der Waals surface area (Å²) in [5.41, 5.74) is -0.198. The minimum absolute atomic E-state index is 0.180. The molecule has 2 saturated heterocycles. The van der Waals surface area contributed by atoms with Crippen LogP contribution in [0.4, 0.5) is 5.69 Å². The Morgan fingerprint density at radius 3 is 2.58 bits per heavy atom. The van der Waals surface area contributed by atoms with Gasteiger partial charge in [-0.15, -0.1) is 0 Å². The molecule has 3 atom stereocenters. The van der Waals surface area contributed by atoms with Gasteiger partial charge in [-0.05, 0) is 50.5 Å². The van der Waals surface area contributed by atoms with Crippen molar-refractivity contribution in [3.05, 3.63) is 60.4 Å². The van der Waals surface area contributed by atoms with Crippen molar-refractivity contribution >= 4 is 29.3 Å². The minimum atomic E-state index is -1.30. The van der Waals surface area contributed by atoms with Crippen molar-refractivity contribution in [1.82, 2.24) is 20.5 Å². The topological polar surface area (TPSA) is 121 Å². The molecule has 9 nitrogen and oxygen atoms in total. The molecule has 0 unspecified atom stereocenters. The Balaban J connectivity index is 1.59. The van der Waals surface area contributed by atoms with E-state index in [9.17, 15) is 19.2 Å². The highest BCUT2D eigenvalue weighted by molar-refractivity contribution is 6.02. The number of benzene rings is 1. The van der Waals surface area contributed by atoms with Gasteiger partial charge in [0.05, 0.1) is 5.69 Å². The Morgan fingerprint density at radius 2 is 1.91 bits per heavy atom. The monoisotopic (exact) mass is 449 g/mol. The largest absolute Gasteiger partial charge is 0.344 e. The first-order valence-corrected chi connectivity index (χ1v) is 11.1. The fourth-order valence-electron chi connectivity index (χ4n) is 4.52. The van der Waals surface area contributed by atoms with Gasteiger partial charge in [0.1, 0.15) is 12.1 Å². The second kappa shape index (κ2) is 9.40. The van der Waals surface area contributed by atoms with Gasteiger partial charge in [-0.3, -0.25) is 24.2 Å². The molecule has 2 fully saturated rings. The number of para-hydroxylation sites is 1. The molecule has 33 heavy (non-hydrogen) atoms. The van der Waals surface area contributed by atoms with Gasteiger partial charge in [0, 0.05) is 24.8 Å². The fourth-order valence-corrected chi connectivity index (χ4v) is 4.52. The normalized spacial score (nSPS) is 23.0. The maximum absolute atomic E-state index is 13.7. The average molecular weight is 450 g/mol. The number of pyridine rings is 1. The SMILES string of the molecule is C[C@H](NC(=O)[C@@H]1CCC(=O)N1)C(=O)N1CCC[C@]1(C(=O)Nc1ccccc1)c1ccccn1. The van der Waals surface area contributed by atoms with Crippen molar-refractivity contribution in [2.45, 2.75) is 50.2 Å². The standard InChI is InChI=1S/C24H27N5O4/c1-16(26-21(31)18-11-12-20(30)28-18)22(32)29-15-7-13-24(29,19-10-5-6-14-25-19)23(33)27-17-8-3-2-4-9-17/h2-6,8-10,14,16,18H,7,11-13,15H2,1H3,(H,26,31)(H,27,33)(H,28,30)/t16-,18-,24+/m0/s1. The van der Waals surface area contributed by atoms with Gasteiger partial charge in [0.2, 0.25) is 17.7 Å². The molecule has 2 aliphatic heterocycles. The number of carbonyl (C=O) groups excluding carboxylic acids is 4. The molecule has 4 rings (SSSR count). The predicted octanol–water partition coefficient (Wildman–Crippen LogP) is 1.32. The highest BCUT2D eigenvalue weighted by Gasteiger charge is 2.53. The van der Waals surface area contributed by atoms with Crippen LogP contribution in [0.1, 0.15) is 38.3 Å². The number of nitrogens with zero attached hydrogens (tertiary/aromatic N) is 2. The third-order valence-electron chi connectivity index (χ3n) is 6.18. The highest BCUT2D eigenvalue weighted by atomic mass is 16.2. The van der Waals surface area contributed by atoms with E-state index in [1.54, 1.807) is 43.5 Å². The number of amides is 4. The molecule has 1 aromatic carbocycles. The van der Waals surface area contributed by atoms with Crippen LogP contribution in [0.25, 0.3) is 0 Å². The Bertz CT molecular complexity index is 1050. The van der Waals surface area contributed by atoms with Crippen molar-refractivity contribution in [2.24, 2.45) is 0 Å². The van der Waals surface area contributed by atoms with E-state index in [-0.39, 0.29) is 24.1 Å². The average Bonchev–Trinajstić information content (AvgIpc) is 3.47. The van der Waals surface area contributed by atoms with Gasteiger partial charge in [-0.2, -0.15) is 0 Å². The first-order chi connectivity index (χ1) is 15.9. The van der Waals surface area contributed by atoms with Crippen molar-refractivity contribution in [3.8, 4) is 0 Å². The molecule has 2 aromatic rings. The summed E-state index contributed by atoms with van der Waals surface area (Å²) in [6.45, 7) is 1.95. The van der Waals surface area contributed by atoms with Crippen LogP contribution in [0.5, 0.6) is 0 Å². The number of nitrogens with one attached hydrogen (secondary N) is 3. The Morgan fingerprint density at radius 1 is 1.15 bits per heavy atom. The van der Waals surface area contributed by atoms with Crippen LogP contribution in [-0.2, 0) is 24.7 Å². The molecule has 0 aliphatic carbocycles. The molecule has 1 aromatic heterocycles. The van der Waals surface area contributed by atoms with Crippen LogP contribution in [0.2, 0.25) is 0 Å². The molecule has 172 valence electrons. The van der Waals surface area contributed by atoms with Gasteiger partial charge in [-0.25, -0.2) is 0 Å². The smallest absolute Gasteiger partial charge is 0.256 e. The number of hydrogen-bond donors (Lipinski definition) is 3. The highest BCUT2D eigenvalue weighted by Crippen LogP contribution is 2.39. The zero-order valence-electron chi connectivity index (χ0n) is 18.4. The molecular formula is C24H27N5O4. The van der Waals surface area contributed by atoms with Gasteiger partial charge in [-0.1, -0.05) is 24.3 Å². The number of carbonyl (C=O) groups is 4. The second-order valence-electron chi connectivity index (χ2n) is 8.38. The van der Waals surface area contributed by atoms with Gasteiger partial charge in [0.25, 0.3) is 5.91 Å². The van der Waals surface area contributed by atoms with E-state index in [4.69, 9.17) is 0 Å². The van der Waals surface area contributed by atoms with Crippen LogP contribution in [0.15, 0.2) is 54.7 Å². The molecule has 4 amide bonds. The van der Waals surface area contributed by atoms with E-state index >= 15 is 0 Å².